The quantitative estimate of drug-likeness (QED) is 0.391. The molecule has 0 aromatic heterocycles. The molecular formula is C23H24ClNO5S. The molecule has 0 bridgehead atoms. The highest BCUT2D eigenvalue weighted by molar-refractivity contribution is 8.18. The fourth-order valence-electron chi connectivity index (χ4n) is 3.09. The lowest BCUT2D eigenvalue weighted by molar-refractivity contribution is -0.115. The van der Waals surface area contributed by atoms with Crippen molar-refractivity contribution in [3.8, 4) is 17.2 Å². The minimum Gasteiger partial charge on any atom is -0.493 e. The van der Waals surface area contributed by atoms with Gasteiger partial charge in [0.2, 0.25) is 0 Å². The van der Waals surface area contributed by atoms with E-state index in [1.807, 2.05) is 32.9 Å². The van der Waals surface area contributed by atoms with Crippen LogP contribution < -0.4 is 19.5 Å². The Balaban J connectivity index is 1.63. The largest absolute Gasteiger partial charge is 0.493 e. The Labute approximate surface area is 190 Å². The van der Waals surface area contributed by atoms with Gasteiger partial charge in [-0.25, -0.2) is 0 Å². The Hall–Kier alpha value is -2.64. The molecule has 0 radical (unpaired) electrons. The predicted octanol–water partition coefficient (Wildman–Crippen LogP) is 5.53. The van der Waals surface area contributed by atoms with Crippen LogP contribution >= 0.6 is 23.4 Å². The molecule has 8 heteroatoms. The summed E-state index contributed by atoms with van der Waals surface area (Å²) >= 11 is 7.27. The van der Waals surface area contributed by atoms with Crippen LogP contribution in [0.3, 0.4) is 0 Å². The summed E-state index contributed by atoms with van der Waals surface area (Å²) in [4.78, 5) is 23.4. The predicted molar refractivity (Wildman–Crippen MR) is 123 cm³/mol. The lowest BCUT2D eigenvalue weighted by Gasteiger charge is -2.15. The van der Waals surface area contributed by atoms with Crippen molar-refractivity contribution in [2.24, 2.45) is 0 Å². The smallest absolute Gasteiger partial charge is 0.290 e. The van der Waals surface area contributed by atoms with Crippen LogP contribution in [0.15, 0.2) is 35.2 Å². The molecule has 0 atom stereocenters. The van der Waals surface area contributed by atoms with E-state index in [0.29, 0.717) is 53.2 Å². The van der Waals surface area contributed by atoms with Gasteiger partial charge >= 0.3 is 0 Å². The number of benzene rings is 2. The molecular weight excluding hydrogens is 438 g/mol. The first kappa shape index (κ1) is 23.0. The summed E-state index contributed by atoms with van der Waals surface area (Å²) in [6, 6.07) is 9.52. The molecule has 2 amide bonds. The Morgan fingerprint density at radius 3 is 2.35 bits per heavy atom. The van der Waals surface area contributed by atoms with Crippen LogP contribution in [0.5, 0.6) is 17.2 Å². The number of nitrogens with one attached hydrogen (secondary N) is 1. The molecule has 0 aliphatic carbocycles. The number of hydrogen-bond acceptors (Lipinski definition) is 6. The number of halogens is 1. The van der Waals surface area contributed by atoms with Gasteiger partial charge in [-0.15, -0.1) is 0 Å². The maximum Gasteiger partial charge on any atom is 0.290 e. The second kappa shape index (κ2) is 10.6. The van der Waals surface area contributed by atoms with Gasteiger partial charge < -0.3 is 14.2 Å². The third-order valence-corrected chi connectivity index (χ3v) is 5.36. The van der Waals surface area contributed by atoms with Crippen molar-refractivity contribution in [3.05, 3.63) is 56.9 Å². The Kier molecular flexibility index (Phi) is 7.87. The zero-order valence-corrected chi connectivity index (χ0v) is 19.2. The summed E-state index contributed by atoms with van der Waals surface area (Å²) in [7, 11) is 0. The molecule has 1 heterocycles. The third-order valence-electron chi connectivity index (χ3n) is 4.27. The number of thioether (sulfide) groups is 1. The molecule has 3 rings (SSSR count). The van der Waals surface area contributed by atoms with E-state index in [0.717, 1.165) is 28.6 Å². The van der Waals surface area contributed by atoms with E-state index in [1.165, 1.54) is 0 Å². The van der Waals surface area contributed by atoms with Crippen LogP contribution in [-0.4, -0.2) is 31.0 Å². The van der Waals surface area contributed by atoms with Gasteiger partial charge in [-0.3, -0.25) is 14.9 Å². The number of aryl methyl sites for hydroxylation is 2. The van der Waals surface area contributed by atoms with E-state index in [9.17, 15) is 9.59 Å². The SMILES string of the molecule is CCOc1cc(/C=C2/SC(=O)NC2=O)cc(Cl)c1OCCCOc1cc(C)cc(C)c1. The molecule has 1 aliphatic rings. The maximum absolute atomic E-state index is 11.8. The number of carbonyl (C=O) groups excluding carboxylic acids is 2. The van der Waals surface area contributed by atoms with Crippen LogP contribution in [-0.2, 0) is 4.79 Å². The van der Waals surface area contributed by atoms with Crippen molar-refractivity contribution in [1.82, 2.24) is 5.32 Å². The molecule has 1 N–H and O–H groups in total. The highest BCUT2D eigenvalue weighted by Crippen LogP contribution is 2.38. The normalized spacial score (nSPS) is 14.6. The number of carbonyl (C=O) groups is 2. The van der Waals surface area contributed by atoms with Crippen LogP contribution in [0.25, 0.3) is 6.08 Å². The highest BCUT2D eigenvalue weighted by Gasteiger charge is 2.25. The van der Waals surface area contributed by atoms with Crippen molar-refractivity contribution in [3.63, 3.8) is 0 Å². The monoisotopic (exact) mass is 461 g/mol. The fraction of sp³-hybridized carbons (Fsp3) is 0.304. The first-order valence-electron chi connectivity index (χ1n) is 9.91. The zero-order chi connectivity index (χ0) is 22.4. The summed E-state index contributed by atoms with van der Waals surface area (Å²) in [6.07, 6.45) is 2.26. The summed E-state index contributed by atoms with van der Waals surface area (Å²) in [5.41, 5.74) is 2.96. The summed E-state index contributed by atoms with van der Waals surface area (Å²) in [6.45, 7) is 7.27. The molecule has 0 unspecified atom stereocenters. The number of rotatable bonds is 9. The molecule has 0 spiro atoms. The molecule has 164 valence electrons. The Bertz CT molecular complexity index is 1000. The third kappa shape index (κ3) is 6.42. The highest BCUT2D eigenvalue weighted by atomic mass is 35.5. The van der Waals surface area contributed by atoms with E-state index in [1.54, 1.807) is 18.2 Å². The molecule has 31 heavy (non-hydrogen) atoms. The van der Waals surface area contributed by atoms with Crippen molar-refractivity contribution in [2.75, 3.05) is 19.8 Å². The molecule has 1 saturated heterocycles. The maximum atomic E-state index is 11.8. The van der Waals surface area contributed by atoms with E-state index in [4.69, 9.17) is 25.8 Å². The number of imide groups is 1. The zero-order valence-electron chi connectivity index (χ0n) is 17.6. The molecule has 2 aromatic rings. The molecule has 6 nitrogen and oxygen atoms in total. The second-order valence-corrected chi connectivity index (χ2v) is 8.41. The van der Waals surface area contributed by atoms with Crippen LogP contribution in [0.4, 0.5) is 4.79 Å². The van der Waals surface area contributed by atoms with Gasteiger partial charge in [0.25, 0.3) is 11.1 Å². The van der Waals surface area contributed by atoms with Gasteiger partial charge in [0.05, 0.1) is 29.7 Å². The van der Waals surface area contributed by atoms with Gasteiger partial charge in [-0.2, -0.15) is 0 Å². The Morgan fingerprint density at radius 1 is 1.00 bits per heavy atom. The number of amides is 2. The van der Waals surface area contributed by atoms with Crippen LogP contribution in [0, 0.1) is 13.8 Å². The Morgan fingerprint density at radius 2 is 1.71 bits per heavy atom. The lowest BCUT2D eigenvalue weighted by atomic mass is 10.1. The number of ether oxygens (including phenoxy) is 3. The fourth-order valence-corrected chi connectivity index (χ4v) is 4.04. The summed E-state index contributed by atoms with van der Waals surface area (Å²) in [5, 5.41) is 2.20. The first-order valence-corrected chi connectivity index (χ1v) is 11.1. The van der Waals surface area contributed by atoms with Crippen LogP contribution in [0.1, 0.15) is 30.0 Å². The molecule has 1 aliphatic heterocycles. The minimum absolute atomic E-state index is 0.306. The average molecular weight is 462 g/mol. The summed E-state index contributed by atoms with van der Waals surface area (Å²) in [5.74, 6) is 1.34. The lowest BCUT2D eigenvalue weighted by Crippen LogP contribution is -2.17. The molecule has 0 saturated carbocycles. The van der Waals surface area contributed by atoms with E-state index >= 15 is 0 Å². The van der Waals surface area contributed by atoms with Crippen LogP contribution in [0.2, 0.25) is 5.02 Å². The van der Waals surface area contributed by atoms with Gasteiger partial charge in [0.15, 0.2) is 11.5 Å². The number of hydrogen-bond donors (Lipinski definition) is 1. The van der Waals surface area contributed by atoms with Crippen molar-refractivity contribution >= 4 is 40.6 Å². The second-order valence-electron chi connectivity index (χ2n) is 6.99. The average Bonchev–Trinajstić information content (AvgIpc) is 2.99. The van der Waals surface area contributed by atoms with E-state index in [2.05, 4.69) is 11.4 Å². The van der Waals surface area contributed by atoms with Crippen molar-refractivity contribution in [2.45, 2.75) is 27.2 Å². The summed E-state index contributed by atoms with van der Waals surface area (Å²) < 4.78 is 17.4. The topological polar surface area (TPSA) is 73.9 Å². The van der Waals surface area contributed by atoms with Crippen molar-refractivity contribution < 1.29 is 23.8 Å². The van der Waals surface area contributed by atoms with Gasteiger partial charge in [-0.05, 0) is 79.6 Å². The minimum atomic E-state index is -0.423. The molecule has 1 fully saturated rings. The standard InChI is InChI=1S/C23H24ClNO5S/c1-4-28-19-12-16(13-20-22(26)25-23(27)31-20)11-18(24)21(19)30-7-5-6-29-17-9-14(2)8-15(3)10-17/h8-13H,4-7H2,1-3H3,(H,25,26,27)/b20-13+. The van der Waals surface area contributed by atoms with E-state index < -0.39 is 11.1 Å². The van der Waals surface area contributed by atoms with E-state index in [-0.39, 0.29) is 0 Å². The van der Waals surface area contributed by atoms with Gasteiger partial charge in [0.1, 0.15) is 5.75 Å². The van der Waals surface area contributed by atoms with Crippen molar-refractivity contribution in [1.29, 1.82) is 0 Å². The van der Waals surface area contributed by atoms with Gasteiger partial charge in [0, 0.05) is 6.42 Å². The molecule has 2 aromatic carbocycles. The first-order chi connectivity index (χ1) is 14.9. The van der Waals surface area contributed by atoms with Gasteiger partial charge in [-0.1, -0.05) is 17.7 Å².